The molecule has 4 rings (SSSR count). The molecule has 1 aliphatic heterocycles. The van der Waals surface area contributed by atoms with Crippen LogP contribution in [0.1, 0.15) is 6.42 Å². The molecule has 2 heterocycles. The number of rotatable bonds is 4. The number of aromatic amines is 1. The van der Waals surface area contributed by atoms with Gasteiger partial charge >= 0.3 is 0 Å². The number of benzene rings is 2. The van der Waals surface area contributed by atoms with Crippen molar-refractivity contribution >= 4 is 40.2 Å². The van der Waals surface area contributed by atoms with E-state index >= 15 is 0 Å². The Labute approximate surface area is 152 Å². The highest BCUT2D eigenvalue weighted by Gasteiger charge is 2.35. The van der Waals surface area contributed by atoms with Gasteiger partial charge in [-0.1, -0.05) is 12.1 Å². The third-order valence-electron chi connectivity index (χ3n) is 4.21. The van der Waals surface area contributed by atoms with E-state index in [-0.39, 0.29) is 18.1 Å². The summed E-state index contributed by atoms with van der Waals surface area (Å²) in [6.07, 6.45) is 0.0404. The Morgan fingerprint density at radius 2 is 1.93 bits per heavy atom. The van der Waals surface area contributed by atoms with Crippen LogP contribution in [-0.4, -0.2) is 33.5 Å². The van der Waals surface area contributed by atoms with Gasteiger partial charge in [0.05, 0.1) is 16.7 Å². The molecule has 9 heteroatoms. The van der Waals surface area contributed by atoms with E-state index in [0.29, 0.717) is 11.2 Å². The number of hydrogen-bond donors (Lipinski definition) is 3. The molecule has 1 atom stereocenters. The molecular weight excluding hydrogens is 351 g/mol. The van der Waals surface area contributed by atoms with Crippen molar-refractivity contribution in [2.24, 2.45) is 10.8 Å². The van der Waals surface area contributed by atoms with Crippen molar-refractivity contribution in [3.63, 3.8) is 0 Å². The van der Waals surface area contributed by atoms with Crippen LogP contribution < -0.4 is 16.1 Å². The van der Waals surface area contributed by atoms with Crippen molar-refractivity contribution < 1.29 is 14.0 Å². The fraction of sp³-hybridized carbons (Fsp3) is 0.111. The van der Waals surface area contributed by atoms with Crippen LogP contribution in [0, 0.1) is 5.82 Å². The summed E-state index contributed by atoms with van der Waals surface area (Å²) in [6, 6.07) is 11.9. The number of para-hydroxylation sites is 2. The maximum Gasteiger partial charge on any atom is 0.274 e. The molecule has 0 aliphatic carbocycles. The predicted molar refractivity (Wildman–Crippen MR) is 98.6 cm³/mol. The van der Waals surface area contributed by atoms with Crippen molar-refractivity contribution in [1.82, 2.24) is 9.97 Å². The Hall–Kier alpha value is -3.75. The van der Waals surface area contributed by atoms with E-state index in [1.165, 1.54) is 29.3 Å². The molecule has 1 aromatic heterocycles. The standard InChI is InChI=1S/C18H15FN6O2/c19-10-5-7-11(8-6-10)25-15(16(20)26)9-14(24-25)17(27)23-18-21-12-3-1-2-4-13(12)22-18/h1-8,15H,9H2,(H2,20,26)(H2,21,22,23,27). The van der Waals surface area contributed by atoms with E-state index in [1.807, 2.05) is 24.3 Å². The van der Waals surface area contributed by atoms with Crippen molar-refractivity contribution in [1.29, 1.82) is 0 Å². The van der Waals surface area contributed by atoms with Crippen molar-refractivity contribution in [2.45, 2.75) is 12.5 Å². The van der Waals surface area contributed by atoms with Gasteiger partial charge in [0.1, 0.15) is 17.6 Å². The van der Waals surface area contributed by atoms with Crippen LogP contribution in [-0.2, 0) is 9.59 Å². The molecule has 0 saturated heterocycles. The maximum absolute atomic E-state index is 13.1. The lowest BCUT2D eigenvalue weighted by Gasteiger charge is -2.20. The van der Waals surface area contributed by atoms with E-state index in [0.717, 1.165) is 5.52 Å². The number of nitrogens with zero attached hydrogens (tertiary/aromatic N) is 3. The van der Waals surface area contributed by atoms with Crippen LogP contribution in [0.25, 0.3) is 11.0 Å². The zero-order valence-corrected chi connectivity index (χ0v) is 14.0. The van der Waals surface area contributed by atoms with Gasteiger partial charge in [-0.2, -0.15) is 5.10 Å². The first-order valence-electron chi connectivity index (χ1n) is 8.19. The quantitative estimate of drug-likeness (QED) is 0.652. The number of anilines is 2. The summed E-state index contributed by atoms with van der Waals surface area (Å²) >= 11 is 0. The number of halogens is 1. The smallest absolute Gasteiger partial charge is 0.274 e. The van der Waals surface area contributed by atoms with Crippen molar-refractivity contribution in [3.8, 4) is 0 Å². The second-order valence-electron chi connectivity index (χ2n) is 6.05. The number of fused-ring (bicyclic) bond motifs is 1. The number of carbonyl (C=O) groups excluding carboxylic acids is 2. The zero-order valence-electron chi connectivity index (χ0n) is 14.0. The summed E-state index contributed by atoms with van der Waals surface area (Å²) in [4.78, 5) is 31.6. The van der Waals surface area contributed by atoms with E-state index in [9.17, 15) is 14.0 Å². The molecular formula is C18H15FN6O2. The van der Waals surface area contributed by atoms with Crippen LogP contribution >= 0.6 is 0 Å². The number of carbonyl (C=O) groups is 2. The Bertz CT molecular complexity index is 1030. The summed E-state index contributed by atoms with van der Waals surface area (Å²) in [5.41, 5.74) is 7.53. The summed E-state index contributed by atoms with van der Waals surface area (Å²) in [5, 5.41) is 8.18. The van der Waals surface area contributed by atoms with Gasteiger partial charge in [-0.25, -0.2) is 9.37 Å². The van der Waals surface area contributed by atoms with Gasteiger partial charge in [0.2, 0.25) is 11.9 Å². The van der Waals surface area contributed by atoms with Gasteiger partial charge in [-0.05, 0) is 36.4 Å². The molecule has 4 N–H and O–H groups in total. The number of H-pyrrole nitrogens is 1. The lowest BCUT2D eigenvalue weighted by Crippen LogP contribution is -2.39. The van der Waals surface area contributed by atoms with Gasteiger partial charge in [-0.3, -0.25) is 19.9 Å². The van der Waals surface area contributed by atoms with E-state index < -0.39 is 23.7 Å². The van der Waals surface area contributed by atoms with Gasteiger partial charge in [-0.15, -0.1) is 0 Å². The molecule has 0 spiro atoms. The van der Waals surface area contributed by atoms with Gasteiger partial charge in [0, 0.05) is 6.42 Å². The molecule has 0 saturated carbocycles. The first-order chi connectivity index (χ1) is 13.0. The van der Waals surface area contributed by atoms with Gasteiger partial charge in [0.25, 0.3) is 5.91 Å². The summed E-state index contributed by atoms with van der Waals surface area (Å²) in [7, 11) is 0. The largest absolute Gasteiger partial charge is 0.368 e. The molecule has 1 unspecified atom stereocenters. The first kappa shape index (κ1) is 16.7. The lowest BCUT2D eigenvalue weighted by molar-refractivity contribution is -0.119. The highest BCUT2D eigenvalue weighted by molar-refractivity contribution is 6.44. The third-order valence-corrected chi connectivity index (χ3v) is 4.21. The maximum atomic E-state index is 13.1. The van der Waals surface area contributed by atoms with Crippen LogP contribution in [0.5, 0.6) is 0 Å². The van der Waals surface area contributed by atoms with Crippen LogP contribution in [0.2, 0.25) is 0 Å². The number of hydrazone groups is 1. The Kier molecular flexibility index (Phi) is 4.03. The average molecular weight is 366 g/mol. The van der Waals surface area contributed by atoms with E-state index in [2.05, 4.69) is 20.4 Å². The Morgan fingerprint density at radius 3 is 2.63 bits per heavy atom. The molecule has 27 heavy (non-hydrogen) atoms. The minimum absolute atomic E-state index is 0.0404. The number of nitrogens with two attached hydrogens (primary N) is 1. The Balaban J connectivity index is 1.58. The van der Waals surface area contributed by atoms with Crippen molar-refractivity contribution in [2.75, 3.05) is 10.3 Å². The second kappa shape index (κ2) is 6.52. The summed E-state index contributed by atoms with van der Waals surface area (Å²) < 4.78 is 13.1. The number of hydrogen-bond acceptors (Lipinski definition) is 5. The number of nitrogens with one attached hydrogen (secondary N) is 2. The van der Waals surface area contributed by atoms with Gasteiger partial charge < -0.3 is 10.7 Å². The molecule has 0 fully saturated rings. The van der Waals surface area contributed by atoms with E-state index in [4.69, 9.17) is 5.73 Å². The SMILES string of the molecule is NC(=O)C1CC(C(=O)Nc2nc3ccccc3[nH]2)=NN1c1ccc(F)cc1. The fourth-order valence-corrected chi connectivity index (χ4v) is 2.89. The fourth-order valence-electron chi connectivity index (χ4n) is 2.89. The first-order valence-corrected chi connectivity index (χ1v) is 8.19. The van der Waals surface area contributed by atoms with Crippen LogP contribution in [0.3, 0.4) is 0 Å². The second-order valence-corrected chi connectivity index (χ2v) is 6.05. The number of primary amides is 1. The van der Waals surface area contributed by atoms with Crippen molar-refractivity contribution in [3.05, 3.63) is 54.3 Å². The van der Waals surface area contributed by atoms with Crippen LogP contribution in [0.15, 0.2) is 53.6 Å². The molecule has 136 valence electrons. The average Bonchev–Trinajstić information content (AvgIpc) is 3.26. The molecule has 0 radical (unpaired) electrons. The van der Waals surface area contributed by atoms with Crippen LogP contribution in [0.4, 0.5) is 16.0 Å². The molecule has 2 amide bonds. The number of imidazole rings is 1. The summed E-state index contributed by atoms with van der Waals surface area (Å²) in [6.45, 7) is 0. The van der Waals surface area contributed by atoms with E-state index in [1.54, 1.807) is 0 Å². The number of aromatic nitrogens is 2. The molecule has 2 aromatic carbocycles. The Morgan fingerprint density at radius 1 is 1.19 bits per heavy atom. The van der Waals surface area contributed by atoms with Gasteiger partial charge in [0.15, 0.2) is 0 Å². The minimum Gasteiger partial charge on any atom is -0.368 e. The number of amides is 2. The molecule has 0 bridgehead atoms. The highest BCUT2D eigenvalue weighted by Crippen LogP contribution is 2.25. The predicted octanol–water partition coefficient (Wildman–Crippen LogP) is 1.76. The molecule has 3 aromatic rings. The third kappa shape index (κ3) is 3.22. The minimum atomic E-state index is -0.827. The molecule has 8 nitrogen and oxygen atoms in total. The zero-order chi connectivity index (χ0) is 19.0. The lowest BCUT2D eigenvalue weighted by atomic mass is 10.1. The summed E-state index contributed by atoms with van der Waals surface area (Å²) in [5.74, 6) is -1.26. The highest BCUT2D eigenvalue weighted by atomic mass is 19.1. The monoisotopic (exact) mass is 366 g/mol. The topological polar surface area (TPSA) is 116 Å². The normalized spacial score (nSPS) is 16.4. The molecule has 1 aliphatic rings.